The molecule has 0 radical (unpaired) electrons. The Labute approximate surface area is 350 Å². The number of ether oxygens (including phenoxy) is 3. The van der Waals surface area contributed by atoms with Crippen LogP contribution in [0.15, 0.2) is 48.6 Å². The summed E-state index contributed by atoms with van der Waals surface area (Å²) in [7, 11) is 5.74. The molecule has 0 amide bonds. The van der Waals surface area contributed by atoms with E-state index in [0.717, 1.165) is 83.1 Å². The first-order valence-electron chi connectivity index (χ1n) is 22.5. The van der Waals surface area contributed by atoms with Crippen LogP contribution >= 0.6 is 11.9 Å². The van der Waals surface area contributed by atoms with Gasteiger partial charge in [0.05, 0.1) is 6.61 Å². The van der Waals surface area contributed by atoms with Gasteiger partial charge >= 0.3 is 11.9 Å². The Morgan fingerprint density at radius 3 is 1.43 bits per heavy atom. The number of carbonyl (C=O) groups excluding carboxylic acids is 2. The van der Waals surface area contributed by atoms with Crippen molar-refractivity contribution in [2.75, 3.05) is 66.4 Å². The molecule has 0 saturated heterocycles. The molecule has 0 spiro atoms. The molecule has 0 aromatic rings. The van der Waals surface area contributed by atoms with Gasteiger partial charge in [-0.15, -0.1) is 0 Å². The Kier molecular flexibility index (Phi) is 41.2. The number of esters is 2. The summed E-state index contributed by atoms with van der Waals surface area (Å²) in [6, 6.07) is 0. The third kappa shape index (κ3) is 38.9. The van der Waals surface area contributed by atoms with Crippen LogP contribution in [-0.2, 0) is 23.8 Å². The van der Waals surface area contributed by atoms with Crippen molar-refractivity contribution in [3.63, 3.8) is 0 Å². The molecule has 0 unspecified atom stereocenters. The van der Waals surface area contributed by atoms with Crippen LogP contribution in [0.5, 0.6) is 0 Å². The van der Waals surface area contributed by atoms with Crippen LogP contribution in [0.25, 0.3) is 0 Å². The molecule has 326 valence electrons. The van der Waals surface area contributed by atoms with E-state index in [2.05, 4.69) is 91.5 Å². The molecule has 56 heavy (non-hydrogen) atoms. The fraction of sp³-hybridized carbons (Fsp3) is 0.787. The normalized spacial score (nSPS) is 12.4. The van der Waals surface area contributed by atoms with Gasteiger partial charge in [-0.05, 0) is 91.1 Å². The zero-order valence-corrected chi connectivity index (χ0v) is 37.8. The summed E-state index contributed by atoms with van der Waals surface area (Å²) in [5, 5.41) is 3.52. The van der Waals surface area contributed by atoms with Crippen molar-refractivity contribution in [2.45, 2.75) is 173 Å². The predicted molar refractivity (Wildman–Crippen MR) is 242 cm³/mol. The number of likely N-dealkylation sites (N-methyl/N-ethyl adjacent to an activating group) is 1. The van der Waals surface area contributed by atoms with Gasteiger partial charge < -0.3 is 24.4 Å². The van der Waals surface area contributed by atoms with E-state index >= 15 is 0 Å². The molecule has 0 aliphatic rings. The van der Waals surface area contributed by atoms with Crippen LogP contribution in [-0.4, -0.2) is 88.8 Å². The molecule has 0 heterocycles. The second-order valence-electron chi connectivity index (χ2n) is 15.5. The summed E-state index contributed by atoms with van der Waals surface area (Å²) >= 11 is 1.65. The molecule has 0 aromatic heterocycles. The van der Waals surface area contributed by atoms with Gasteiger partial charge in [0.25, 0.3) is 0 Å². The molecule has 8 nitrogen and oxygen atoms in total. The molecule has 0 saturated carbocycles. The minimum absolute atomic E-state index is 0.0929. The van der Waals surface area contributed by atoms with Gasteiger partial charge in [-0.1, -0.05) is 139 Å². The molecule has 9 heteroatoms. The summed E-state index contributed by atoms with van der Waals surface area (Å²) in [5.41, 5.74) is -0.805. The number of hydrogen-bond acceptors (Lipinski definition) is 9. The van der Waals surface area contributed by atoms with Crippen LogP contribution in [0.3, 0.4) is 0 Å². The Morgan fingerprint density at radius 1 is 0.571 bits per heavy atom. The Balaban J connectivity index is 4.54. The lowest BCUT2D eigenvalue weighted by atomic mass is 10.0. The Morgan fingerprint density at radius 2 is 1.00 bits per heavy atom. The number of allylic oxidation sites excluding steroid dienone is 8. The van der Waals surface area contributed by atoms with Crippen LogP contribution in [0, 0.1) is 0 Å². The first-order chi connectivity index (χ1) is 27.4. The topological polar surface area (TPSA) is 89.1 Å². The summed E-state index contributed by atoms with van der Waals surface area (Å²) in [6.45, 7) is 7.43. The smallest absolute Gasteiger partial charge is 0.305 e. The lowest BCUT2D eigenvalue weighted by molar-refractivity contribution is -0.153. The van der Waals surface area contributed by atoms with Gasteiger partial charge in [0.2, 0.25) is 0 Å². The zero-order chi connectivity index (χ0) is 41.1. The van der Waals surface area contributed by atoms with E-state index in [-0.39, 0.29) is 31.8 Å². The monoisotopic (exact) mass is 806 g/mol. The van der Waals surface area contributed by atoms with Crippen LogP contribution in [0.2, 0.25) is 0 Å². The van der Waals surface area contributed by atoms with Crippen molar-refractivity contribution in [3.8, 4) is 0 Å². The van der Waals surface area contributed by atoms with Crippen molar-refractivity contribution in [2.24, 2.45) is 0 Å². The van der Waals surface area contributed by atoms with Crippen molar-refractivity contribution >= 4 is 23.9 Å². The fourth-order valence-electron chi connectivity index (χ4n) is 6.08. The summed E-state index contributed by atoms with van der Waals surface area (Å²) in [6.07, 6.45) is 44.2. The molecular formula is C47H87N3O5S. The number of methoxy groups -OCH3 is 1. The highest BCUT2D eigenvalue weighted by Gasteiger charge is 2.33. The van der Waals surface area contributed by atoms with Crippen molar-refractivity contribution in [1.82, 2.24) is 14.9 Å². The second kappa shape index (κ2) is 42.7. The Bertz CT molecular complexity index is 938. The van der Waals surface area contributed by atoms with Gasteiger partial charge in [-0.3, -0.25) is 14.3 Å². The third-order valence-corrected chi connectivity index (χ3v) is 10.4. The SMILES string of the molecule is CCCCC/C=C\C/C=C\CCCCCCCC(=O)OCC(COC)(COC(=O)CCCCCCC/C=C\C/C=C\CCCCC)NCCSNCCN(C)C. The van der Waals surface area contributed by atoms with E-state index in [9.17, 15) is 9.59 Å². The molecule has 2 N–H and O–H groups in total. The van der Waals surface area contributed by atoms with Crippen molar-refractivity contribution in [3.05, 3.63) is 48.6 Å². The largest absolute Gasteiger partial charge is 0.463 e. The summed E-state index contributed by atoms with van der Waals surface area (Å²) < 4.78 is 20.6. The molecule has 0 rings (SSSR count). The quantitative estimate of drug-likeness (QED) is 0.0271. The zero-order valence-electron chi connectivity index (χ0n) is 36.9. The number of nitrogens with zero attached hydrogens (tertiary/aromatic N) is 1. The fourth-order valence-corrected chi connectivity index (χ4v) is 6.66. The number of rotatable bonds is 42. The van der Waals surface area contributed by atoms with Gasteiger partial charge in [0.1, 0.15) is 18.8 Å². The lowest BCUT2D eigenvalue weighted by Gasteiger charge is -2.33. The lowest BCUT2D eigenvalue weighted by Crippen LogP contribution is -2.57. The number of carbonyl (C=O) groups is 2. The van der Waals surface area contributed by atoms with Gasteiger partial charge in [-0.2, -0.15) is 0 Å². The van der Waals surface area contributed by atoms with E-state index in [1.165, 1.54) is 77.0 Å². The van der Waals surface area contributed by atoms with Gasteiger partial charge in [0, 0.05) is 45.3 Å². The van der Waals surface area contributed by atoms with Crippen molar-refractivity contribution < 1.29 is 23.8 Å². The minimum atomic E-state index is -0.805. The number of hydrogen-bond donors (Lipinski definition) is 2. The average molecular weight is 806 g/mol. The molecule has 0 atom stereocenters. The molecular weight excluding hydrogens is 719 g/mol. The molecule has 0 fully saturated rings. The number of unbranched alkanes of at least 4 members (excludes halogenated alkanes) is 16. The standard InChI is InChI=1S/C47H87N3O5S/c1-6-8-10-12-14-16-18-20-22-24-26-28-30-32-34-36-45(51)54-43-47(42-53-5,48-39-41-56-49-38-40-50(3)4)44-55-46(52)37-35-33-31-29-27-25-23-21-19-17-15-13-11-9-7-2/h14-17,20-23,48-49H,6-13,18-19,24-44H2,1-5H3/b16-14-,17-15-,22-20-,23-21-. The van der Waals surface area contributed by atoms with Crippen molar-refractivity contribution in [1.29, 1.82) is 0 Å². The Hall–Kier alpha value is -1.91. The maximum atomic E-state index is 12.8. The summed E-state index contributed by atoms with van der Waals surface area (Å²) in [4.78, 5) is 27.7. The number of nitrogens with one attached hydrogen (secondary N) is 2. The maximum absolute atomic E-state index is 12.8. The molecule has 0 bridgehead atoms. The van der Waals surface area contributed by atoms with Gasteiger partial charge in [0.15, 0.2) is 0 Å². The highest BCUT2D eigenvalue weighted by Crippen LogP contribution is 2.14. The molecule has 0 aliphatic carbocycles. The maximum Gasteiger partial charge on any atom is 0.305 e. The predicted octanol–water partition coefficient (Wildman–Crippen LogP) is 11.5. The highest BCUT2D eigenvalue weighted by atomic mass is 32.2. The first kappa shape index (κ1) is 54.1. The second-order valence-corrected chi connectivity index (χ2v) is 16.5. The van der Waals surface area contributed by atoms with Crippen LogP contribution < -0.4 is 10.0 Å². The minimum Gasteiger partial charge on any atom is -0.463 e. The van der Waals surface area contributed by atoms with E-state index in [0.29, 0.717) is 19.4 Å². The van der Waals surface area contributed by atoms with E-state index in [4.69, 9.17) is 14.2 Å². The third-order valence-electron chi connectivity index (χ3n) is 9.57. The van der Waals surface area contributed by atoms with Crippen LogP contribution in [0.1, 0.15) is 168 Å². The molecule has 0 aromatic carbocycles. The summed E-state index contributed by atoms with van der Waals surface area (Å²) in [5.74, 6) is 0.377. The van der Waals surface area contributed by atoms with E-state index in [1.807, 2.05) is 0 Å². The van der Waals surface area contributed by atoms with Crippen LogP contribution in [0.4, 0.5) is 0 Å². The highest BCUT2D eigenvalue weighted by molar-refractivity contribution is 7.97. The average Bonchev–Trinajstić information content (AvgIpc) is 3.18. The molecule has 0 aliphatic heterocycles. The first-order valence-corrected chi connectivity index (χ1v) is 23.5. The van der Waals surface area contributed by atoms with E-state index in [1.54, 1.807) is 19.1 Å². The van der Waals surface area contributed by atoms with E-state index < -0.39 is 5.54 Å². The van der Waals surface area contributed by atoms with Gasteiger partial charge in [-0.25, -0.2) is 0 Å².